The van der Waals surface area contributed by atoms with Crippen LogP contribution < -0.4 is 10.5 Å². The SMILES string of the molecule is COc1cc(C=C(C#N)c2[nH]nc(N)c2C#N)ccc1O. The number of aromatic nitrogens is 2. The van der Waals surface area contributed by atoms with Crippen LogP contribution in [-0.4, -0.2) is 22.4 Å². The number of hydrogen-bond acceptors (Lipinski definition) is 6. The normalized spacial score (nSPS) is 10.7. The van der Waals surface area contributed by atoms with Gasteiger partial charge >= 0.3 is 0 Å². The van der Waals surface area contributed by atoms with Gasteiger partial charge in [-0.15, -0.1) is 0 Å². The number of phenols is 1. The quantitative estimate of drug-likeness (QED) is 0.733. The molecule has 0 aliphatic carbocycles. The molecule has 0 atom stereocenters. The summed E-state index contributed by atoms with van der Waals surface area (Å²) in [7, 11) is 1.43. The van der Waals surface area contributed by atoms with Crippen LogP contribution in [0, 0.1) is 22.7 Å². The van der Waals surface area contributed by atoms with Gasteiger partial charge in [0.1, 0.15) is 17.7 Å². The van der Waals surface area contributed by atoms with Crippen molar-refractivity contribution in [3.8, 4) is 23.6 Å². The number of nitriles is 2. The Labute approximate surface area is 120 Å². The molecule has 1 aromatic carbocycles. The van der Waals surface area contributed by atoms with Crippen molar-refractivity contribution in [1.82, 2.24) is 10.2 Å². The average Bonchev–Trinajstić information content (AvgIpc) is 2.87. The molecule has 0 amide bonds. The van der Waals surface area contributed by atoms with Gasteiger partial charge in [0.2, 0.25) is 0 Å². The van der Waals surface area contributed by atoms with Crippen LogP contribution in [-0.2, 0) is 0 Å². The lowest BCUT2D eigenvalue weighted by atomic mass is 10.1. The third-order valence-corrected chi connectivity index (χ3v) is 2.81. The molecule has 7 nitrogen and oxygen atoms in total. The minimum absolute atomic E-state index is 0.00310. The fourth-order valence-corrected chi connectivity index (χ4v) is 1.78. The van der Waals surface area contributed by atoms with Gasteiger partial charge in [-0.05, 0) is 23.8 Å². The van der Waals surface area contributed by atoms with Crippen molar-refractivity contribution in [3.05, 3.63) is 35.0 Å². The molecule has 104 valence electrons. The summed E-state index contributed by atoms with van der Waals surface area (Å²) in [6, 6.07) is 8.52. The number of nitrogens with two attached hydrogens (primary N) is 1. The van der Waals surface area contributed by atoms with Gasteiger partial charge in [0.15, 0.2) is 17.3 Å². The van der Waals surface area contributed by atoms with Crippen LogP contribution in [0.2, 0.25) is 0 Å². The molecule has 4 N–H and O–H groups in total. The molecule has 7 heteroatoms. The number of H-pyrrole nitrogens is 1. The summed E-state index contributed by atoms with van der Waals surface area (Å²) in [5.74, 6) is 0.319. The minimum Gasteiger partial charge on any atom is -0.504 e. The number of anilines is 1. The zero-order valence-electron chi connectivity index (χ0n) is 11.1. The molecule has 21 heavy (non-hydrogen) atoms. The van der Waals surface area contributed by atoms with Crippen molar-refractivity contribution in [1.29, 1.82) is 10.5 Å². The Morgan fingerprint density at radius 2 is 2.24 bits per heavy atom. The number of aromatic amines is 1. The van der Waals surface area contributed by atoms with Gasteiger partial charge in [-0.1, -0.05) is 6.07 Å². The molecular formula is C14H11N5O2. The van der Waals surface area contributed by atoms with E-state index in [-0.39, 0.29) is 34.1 Å². The highest BCUT2D eigenvalue weighted by atomic mass is 16.5. The zero-order valence-corrected chi connectivity index (χ0v) is 11.1. The van der Waals surface area contributed by atoms with Gasteiger partial charge in [0.05, 0.1) is 18.4 Å². The summed E-state index contributed by atoms with van der Waals surface area (Å²) < 4.78 is 5.00. The molecule has 0 spiro atoms. The van der Waals surface area contributed by atoms with E-state index < -0.39 is 0 Å². The number of phenolic OH excluding ortho intramolecular Hbond substituents is 1. The maximum absolute atomic E-state index is 9.54. The number of methoxy groups -OCH3 is 1. The highest BCUT2D eigenvalue weighted by Crippen LogP contribution is 2.29. The number of rotatable bonds is 3. The standard InChI is InChI=1S/C14H11N5O2/c1-21-12-5-8(2-3-11(12)20)4-9(6-15)13-10(7-16)14(17)19-18-13/h2-5,20H,1H3,(H3,17,18,19). The Bertz CT molecular complexity index is 793. The number of nitrogens with one attached hydrogen (secondary N) is 1. The number of nitrogens with zero attached hydrogens (tertiary/aromatic N) is 3. The topological polar surface area (TPSA) is 132 Å². The summed E-state index contributed by atoms with van der Waals surface area (Å²) in [5, 5.41) is 34.1. The van der Waals surface area contributed by atoms with Crippen molar-refractivity contribution in [2.24, 2.45) is 0 Å². The molecule has 0 radical (unpaired) electrons. The molecule has 1 heterocycles. The first-order chi connectivity index (χ1) is 10.1. The van der Waals surface area contributed by atoms with Gasteiger partial charge in [0.25, 0.3) is 0 Å². The molecule has 0 saturated carbocycles. The third-order valence-electron chi connectivity index (χ3n) is 2.81. The smallest absolute Gasteiger partial charge is 0.163 e. The minimum atomic E-state index is -0.00310. The van der Waals surface area contributed by atoms with E-state index in [2.05, 4.69) is 10.2 Å². The second kappa shape index (κ2) is 5.68. The molecule has 0 saturated heterocycles. The van der Waals surface area contributed by atoms with E-state index in [1.807, 2.05) is 12.1 Å². The molecule has 0 aliphatic rings. The van der Waals surface area contributed by atoms with Crippen LogP contribution in [0.4, 0.5) is 5.82 Å². The number of ether oxygens (including phenoxy) is 1. The predicted octanol–water partition coefficient (Wildman–Crippen LogP) is 1.64. The Kier molecular flexibility index (Phi) is 3.78. The van der Waals surface area contributed by atoms with Crippen molar-refractivity contribution in [2.45, 2.75) is 0 Å². The number of nitrogen functional groups attached to an aromatic ring is 1. The van der Waals surface area contributed by atoms with Crippen LogP contribution in [0.5, 0.6) is 11.5 Å². The van der Waals surface area contributed by atoms with E-state index in [0.717, 1.165) is 0 Å². The zero-order chi connectivity index (χ0) is 15.4. The van der Waals surface area contributed by atoms with Crippen LogP contribution in [0.3, 0.4) is 0 Å². The molecule has 1 aromatic heterocycles. The maximum atomic E-state index is 9.54. The number of benzene rings is 1. The summed E-state index contributed by atoms with van der Waals surface area (Å²) in [6.45, 7) is 0. The second-order valence-corrected chi connectivity index (χ2v) is 4.07. The lowest BCUT2D eigenvalue weighted by Gasteiger charge is -2.04. The summed E-state index contributed by atoms with van der Waals surface area (Å²) in [4.78, 5) is 0. The van der Waals surface area contributed by atoms with Crippen LogP contribution in [0.1, 0.15) is 16.8 Å². The van der Waals surface area contributed by atoms with Gasteiger partial charge < -0.3 is 15.6 Å². The Balaban J connectivity index is 2.52. The van der Waals surface area contributed by atoms with Crippen LogP contribution in [0.15, 0.2) is 18.2 Å². The average molecular weight is 281 g/mol. The maximum Gasteiger partial charge on any atom is 0.163 e. The third kappa shape index (κ3) is 2.62. The first-order valence-electron chi connectivity index (χ1n) is 5.83. The summed E-state index contributed by atoms with van der Waals surface area (Å²) >= 11 is 0. The van der Waals surface area contributed by atoms with E-state index in [4.69, 9.17) is 15.7 Å². The largest absolute Gasteiger partial charge is 0.504 e. The Morgan fingerprint density at radius 1 is 1.48 bits per heavy atom. The van der Waals surface area contributed by atoms with Crippen molar-refractivity contribution < 1.29 is 9.84 Å². The number of hydrogen-bond donors (Lipinski definition) is 3. The summed E-state index contributed by atoms with van der Waals surface area (Å²) in [5.41, 5.74) is 6.74. The van der Waals surface area contributed by atoms with E-state index in [9.17, 15) is 10.4 Å². The summed E-state index contributed by atoms with van der Waals surface area (Å²) in [6.07, 6.45) is 1.54. The highest BCUT2D eigenvalue weighted by Gasteiger charge is 2.14. The van der Waals surface area contributed by atoms with Gasteiger partial charge in [0, 0.05) is 0 Å². The Hall–Kier alpha value is -3.45. The van der Waals surface area contributed by atoms with Crippen molar-refractivity contribution >= 4 is 17.5 Å². The molecule has 2 rings (SSSR count). The molecule has 0 bridgehead atoms. The van der Waals surface area contributed by atoms with E-state index in [1.165, 1.54) is 19.3 Å². The van der Waals surface area contributed by atoms with Gasteiger partial charge in [-0.2, -0.15) is 15.6 Å². The van der Waals surface area contributed by atoms with Crippen molar-refractivity contribution in [2.75, 3.05) is 12.8 Å². The fraction of sp³-hybridized carbons (Fsp3) is 0.0714. The monoisotopic (exact) mass is 281 g/mol. The highest BCUT2D eigenvalue weighted by molar-refractivity contribution is 5.91. The molecule has 0 aliphatic heterocycles. The van der Waals surface area contributed by atoms with Gasteiger partial charge in [-0.25, -0.2) is 0 Å². The van der Waals surface area contributed by atoms with E-state index in [0.29, 0.717) is 5.56 Å². The molecule has 0 fully saturated rings. The van der Waals surface area contributed by atoms with E-state index in [1.54, 1.807) is 12.1 Å². The predicted molar refractivity (Wildman–Crippen MR) is 75.9 cm³/mol. The van der Waals surface area contributed by atoms with Crippen LogP contribution >= 0.6 is 0 Å². The van der Waals surface area contributed by atoms with E-state index >= 15 is 0 Å². The van der Waals surface area contributed by atoms with Gasteiger partial charge in [-0.3, -0.25) is 5.10 Å². The fourth-order valence-electron chi connectivity index (χ4n) is 1.78. The molecule has 2 aromatic rings. The first kappa shape index (κ1) is 14.0. The van der Waals surface area contributed by atoms with Crippen LogP contribution in [0.25, 0.3) is 11.6 Å². The van der Waals surface area contributed by atoms with Crippen molar-refractivity contribution in [3.63, 3.8) is 0 Å². The lowest BCUT2D eigenvalue weighted by Crippen LogP contribution is -1.90. The number of aromatic hydroxyl groups is 1. The first-order valence-corrected chi connectivity index (χ1v) is 5.83. The second-order valence-electron chi connectivity index (χ2n) is 4.07. The Morgan fingerprint density at radius 3 is 2.86 bits per heavy atom. The number of allylic oxidation sites excluding steroid dienone is 1. The molecular weight excluding hydrogens is 270 g/mol. The molecule has 0 unspecified atom stereocenters. The lowest BCUT2D eigenvalue weighted by molar-refractivity contribution is 0.373.